The molecule has 9 heteroatoms. The average Bonchev–Trinajstić information content (AvgIpc) is 2.64. The molecular formula is C19H13ClN3O5-. The number of nitrogens with zero attached hydrogens (tertiary/aromatic N) is 2. The predicted octanol–water partition coefficient (Wildman–Crippen LogP) is 1.31. The van der Waals surface area contributed by atoms with E-state index in [9.17, 15) is 24.6 Å². The van der Waals surface area contributed by atoms with Crippen molar-refractivity contribution < 1.29 is 15.0 Å². The number of aromatic carboxylic acids is 1. The Bertz CT molecular complexity index is 1230. The molecule has 0 aliphatic carbocycles. The van der Waals surface area contributed by atoms with E-state index in [4.69, 9.17) is 11.6 Å². The average molecular weight is 399 g/mol. The second kappa shape index (κ2) is 7.53. The second-order valence-corrected chi connectivity index (χ2v) is 6.24. The van der Waals surface area contributed by atoms with Crippen molar-refractivity contribution in [2.24, 2.45) is 4.99 Å². The molecule has 3 aromatic rings. The molecule has 1 aromatic heterocycles. The van der Waals surface area contributed by atoms with E-state index in [1.54, 1.807) is 31.2 Å². The molecule has 2 N–H and O–H groups in total. The quantitative estimate of drug-likeness (QED) is 0.640. The third-order valence-electron chi connectivity index (χ3n) is 3.99. The summed E-state index contributed by atoms with van der Waals surface area (Å²) in [7, 11) is 0. The zero-order valence-electron chi connectivity index (χ0n) is 14.5. The molecule has 142 valence electrons. The lowest BCUT2D eigenvalue weighted by Crippen LogP contribution is -2.31. The van der Waals surface area contributed by atoms with Crippen LogP contribution in [0.25, 0.3) is 5.69 Å². The van der Waals surface area contributed by atoms with Crippen LogP contribution < -0.4 is 16.4 Å². The molecule has 0 saturated heterocycles. The van der Waals surface area contributed by atoms with Crippen LogP contribution in [0.15, 0.2) is 57.0 Å². The van der Waals surface area contributed by atoms with E-state index < -0.39 is 23.1 Å². The zero-order chi connectivity index (χ0) is 20.4. The number of hydrogen-bond donors (Lipinski definition) is 2. The van der Waals surface area contributed by atoms with E-state index in [0.29, 0.717) is 11.3 Å². The molecule has 0 aliphatic rings. The number of carboxylic acids is 1. The smallest absolute Gasteiger partial charge is 0.335 e. The van der Waals surface area contributed by atoms with Crippen LogP contribution in [0.5, 0.6) is 5.88 Å². The molecule has 28 heavy (non-hydrogen) atoms. The number of hydrogen-bond acceptors (Lipinski definition) is 6. The lowest BCUT2D eigenvalue weighted by Gasteiger charge is -2.11. The number of aliphatic imine (C=N–C) groups is 1. The van der Waals surface area contributed by atoms with Crippen LogP contribution in [0, 0.1) is 6.92 Å². The molecule has 0 radical (unpaired) electrons. The number of aromatic nitrogens is 2. The molecule has 0 spiro atoms. The van der Waals surface area contributed by atoms with Crippen molar-refractivity contribution in [1.29, 1.82) is 0 Å². The Hall–Kier alpha value is -3.65. The van der Waals surface area contributed by atoms with Gasteiger partial charge in [0.05, 0.1) is 22.4 Å². The zero-order valence-corrected chi connectivity index (χ0v) is 15.2. The highest BCUT2D eigenvalue weighted by atomic mass is 35.5. The maximum Gasteiger partial charge on any atom is 0.335 e. The van der Waals surface area contributed by atoms with Gasteiger partial charge in [-0.25, -0.2) is 9.36 Å². The Labute approximate surface area is 163 Å². The van der Waals surface area contributed by atoms with Crippen LogP contribution in [0.3, 0.4) is 0 Å². The van der Waals surface area contributed by atoms with Gasteiger partial charge in [0.1, 0.15) is 5.56 Å². The molecule has 0 saturated carbocycles. The first kappa shape index (κ1) is 19.1. The number of para-hydroxylation sites is 1. The van der Waals surface area contributed by atoms with Gasteiger partial charge in [-0.15, -0.1) is 0 Å². The molecule has 0 bridgehead atoms. The van der Waals surface area contributed by atoms with E-state index in [1.807, 2.05) is 0 Å². The van der Waals surface area contributed by atoms with Crippen LogP contribution >= 0.6 is 11.6 Å². The summed E-state index contributed by atoms with van der Waals surface area (Å²) < 4.78 is 0.942. The van der Waals surface area contributed by atoms with Crippen molar-refractivity contribution in [2.45, 2.75) is 6.92 Å². The van der Waals surface area contributed by atoms with Gasteiger partial charge in [0, 0.05) is 6.21 Å². The molecule has 0 aliphatic heterocycles. The number of H-pyrrole nitrogens is 1. The Morgan fingerprint density at radius 2 is 1.96 bits per heavy atom. The largest absolute Gasteiger partial charge is 0.545 e. The number of carbonyl (C=O) groups is 1. The molecule has 8 nitrogen and oxygen atoms in total. The van der Waals surface area contributed by atoms with Crippen LogP contribution in [0.4, 0.5) is 5.69 Å². The van der Waals surface area contributed by atoms with E-state index in [2.05, 4.69) is 9.98 Å². The lowest BCUT2D eigenvalue weighted by atomic mass is 10.2. The first-order valence-corrected chi connectivity index (χ1v) is 8.36. The van der Waals surface area contributed by atoms with Gasteiger partial charge >= 0.3 is 5.69 Å². The molecule has 1 heterocycles. The molecule has 0 atom stereocenters. The van der Waals surface area contributed by atoms with E-state index in [1.165, 1.54) is 12.1 Å². The highest BCUT2D eigenvalue weighted by Crippen LogP contribution is 2.26. The predicted molar refractivity (Wildman–Crippen MR) is 102 cm³/mol. The van der Waals surface area contributed by atoms with E-state index in [-0.39, 0.29) is 21.8 Å². The fourth-order valence-corrected chi connectivity index (χ4v) is 2.73. The number of nitrogens with one attached hydrogen (secondary N) is 1. The van der Waals surface area contributed by atoms with Crippen LogP contribution in [0.1, 0.15) is 21.5 Å². The van der Waals surface area contributed by atoms with E-state index >= 15 is 0 Å². The van der Waals surface area contributed by atoms with Gasteiger partial charge in [-0.2, -0.15) is 0 Å². The van der Waals surface area contributed by atoms with Gasteiger partial charge in [-0.1, -0.05) is 35.9 Å². The Morgan fingerprint density at radius 1 is 1.25 bits per heavy atom. The monoisotopic (exact) mass is 398 g/mol. The maximum atomic E-state index is 12.2. The summed E-state index contributed by atoms with van der Waals surface area (Å²) in [4.78, 5) is 41.5. The van der Waals surface area contributed by atoms with Gasteiger partial charge in [-0.3, -0.25) is 14.8 Å². The van der Waals surface area contributed by atoms with Crippen LogP contribution in [-0.2, 0) is 0 Å². The van der Waals surface area contributed by atoms with Gasteiger partial charge < -0.3 is 15.0 Å². The van der Waals surface area contributed by atoms with Crippen molar-refractivity contribution in [1.82, 2.24) is 9.55 Å². The number of benzene rings is 2. The highest BCUT2D eigenvalue weighted by Gasteiger charge is 2.15. The topological polar surface area (TPSA) is 128 Å². The van der Waals surface area contributed by atoms with Gasteiger partial charge in [0.25, 0.3) is 5.56 Å². The fourth-order valence-electron chi connectivity index (χ4n) is 2.57. The molecule has 3 rings (SSSR count). The number of aromatic amines is 1. The van der Waals surface area contributed by atoms with Crippen molar-refractivity contribution in [3.63, 3.8) is 0 Å². The first-order valence-electron chi connectivity index (χ1n) is 7.99. The summed E-state index contributed by atoms with van der Waals surface area (Å²) >= 11 is 5.99. The SMILES string of the molecule is Cc1ccccc1-n1c(O)c(C=Nc2cc(C(=O)[O-])ccc2Cl)c(=O)[nH]c1=O. The van der Waals surface area contributed by atoms with E-state index in [0.717, 1.165) is 16.8 Å². The standard InChI is InChI=1S/C19H14ClN3O5/c1-10-4-2-3-5-15(10)23-17(25)12(16(24)22-19(23)28)9-21-14-8-11(18(26)27)6-7-13(14)20/h2-9,25H,1H3,(H,26,27)(H,22,24,28)/p-1. The third-order valence-corrected chi connectivity index (χ3v) is 4.31. The van der Waals surface area contributed by atoms with Gasteiger partial charge in [0.15, 0.2) is 0 Å². The van der Waals surface area contributed by atoms with Gasteiger partial charge in [0.2, 0.25) is 5.88 Å². The Kier molecular flexibility index (Phi) is 5.14. The summed E-state index contributed by atoms with van der Waals surface area (Å²) in [5.74, 6) is -2.03. The van der Waals surface area contributed by atoms with Gasteiger partial charge in [-0.05, 0) is 36.2 Å². The molecule has 2 aromatic carbocycles. The minimum atomic E-state index is -1.41. The van der Waals surface area contributed by atoms with Crippen molar-refractivity contribution >= 4 is 29.5 Å². The first-order chi connectivity index (χ1) is 13.3. The molecular weight excluding hydrogens is 386 g/mol. The summed E-state index contributed by atoms with van der Waals surface area (Å²) in [6.45, 7) is 1.74. The lowest BCUT2D eigenvalue weighted by molar-refractivity contribution is -0.255. The summed E-state index contributed by atoms with van der Waals surface area (Å²) in [6, 6.07) is 10.5. The summed E-state index contributed by atoms with van der Waals surface area (Å²) in [5.41, 5.74) is -0.991. The number of halogens is 1. The number of carboxylic acid groups (broad SMARTS) is 1. The normalized spacial score (nSPS) is 11.1. The Morgan fingerprint density at radius 3 is 2.64 bits per heavy atom. The van der Waals surface area contributed by atoms with Crippen molar-refractivity contribution in [3.05, 3.63) is 85.0 Å². The van der Waals surface area contributed by atoms with Crippen LogP contribution in [-0.4, -0.2) is 26.8 Å². The minimum absolute atomic E-state index is 0.0517. The van der Waals surface area contributed by atoms with Crippen LogP contribution in [0.2, 0.25) is 5.02 Å². The van der Waals surface area contributed by atoms with Crippen molar-refractivity contribution in [3.8, 4) is 11.6 Å². The molecule has 0 amide bonds. The summed E-state index contributed by atoms with van der Waals surface area (Å²) in [6.07, 6.45) is 1.00. The second-order valence-electron chi connectivity index (χ2n) is 5.83. The maximum absolute atomic E-state index is 12.2. The van der Waals surface area contributed by atoms with Crippen molar-refractivity contribution in [2.75, 3.05) is 0 Å². The highest BCUT2D eigenvalue weighted by molar-refractivity contribution is 6.33. The number of aromatic hydroxyl groups is 1. The summed E-state index contributed by atoms with van der Waals surface area (Å²) in [5, 5.41) is 21.6. The fraction of sp³-hybridized carbons (Fsp3) is 0.0526. The number of carbonyl (C=O) groups excluding carboxylic acids is 1. The molecule has 0 fully saturated rings. The minimum Gasteiger partial charge on any atom is -0.545 e. The Balaban J connectivity index is 2.16. The number of aryl methyl sites for hydroxylation is 1. The third kappa shape index (κ3) is 3.58. The number of rotatable bonds is 4. The molecule has 0 unspecified atom stereocenters.